The first kappa shape index (κ1) is 23.2. The molecule has 0 saturated heterocycles. The molecule has 0 amide bonds. The molecule has 0 aliphatic carbocycles. The summed E-state index contributed by atoms with van der Waals surface area (Å²) in [5.41, 5.74) is 9.68. The van der Waals surface area contributed by atoms with Gasteiger partial charge in [-0.05, 0) is 72.2 Å². The molecule has 0 spiro atoms. The molecule has 5 aromatic rings. The van der Waals surface area contributed by atoms with Gasteiger partial charge in [-0.15, -0.1) is 0 Å². The van der Waals surface area contributed by atoms with Gasteiger partial charge < -0.3 is 0 Å². The average molecular weight is 519 g/mol. The monoisotopic (exact) mass is 518 g/mol. The third kappa shape index (κ3) is 6.12. The van der Waals surface area contributed by atoms with Gasteiger partial charge >= 0.3 is 0 Å². The molecule has 5 rings (SSSR count). The molecule has 0 radical (unpaired) electrons. The summed E-state index contributed by atoms with van der Waals surface area (Å²) in [6.07, 6.45) is 7.93. The van der Waals surface area contributed by atoms with Crippen molar-refractivity contribution in [2.45, 2.75) is 25.7 Å². The van der Waals surface area contributed by atoms with E-state index >= 15 is 0 Å². The van der Waals surface area contributed by atoms with Gasteiger partial charge in [-0.1, -0.05) is 94.8 Å². The maximum absolute atomic E-state index is 4.69. The first-order valence-corrected chi connectivity index (χ1v) is 12.8. The topological polar surface area (TPSA) is 25.8 Å². The molecule has 2 nitrogen and oxygen atoms in total. The van der Waals surface area contributed by atoms with E-state index in [1.54, 1.807) is 0 Å². The van der Waals surface area contributed by atoms with Gasteiger partial charge in [0.1, 0.15) is 0 Å². The molecule has 0 fully saturated rings. The fraction of sp³-hybridized carbons (Fsp3) is 0.125. The van der Waals surface area contributed by atoms with Crippen LogP contribution < -0.4 is 0 Å². The van der Waals surface area contributed by atoms with Crippen molar-refractivity contribution in [2.75, 3.05) is 0 Å². The van der Waals surface area contributed by atoms with Crippen LogP contribution in [0.5, 0.6) is 0 Å². The minimum absolute atomic E-state index is 0.988. The van der Waals surface area contributed by atoms with Crippen LogP contribution in [0.25, 0.3) is 22.5 Å². The quantitative estimate of drug-likeness (QED) is 0.207. The molecule has 0 bridgehead atoms. The summed E-state index contributed by atoms with van der Waals surface area (Å²) >= 11 is 3.62. The van der Waals surface area contributed by atoms with Crippen molar-refractivity contribution >= 4 is 15.9 Å². The smallest absolute Gasteiger partial charge is 0.0713 e. The first-order valence-electron chi connectivity index (χ1n) is 12.0. The highest BCUT2D eigenvalue weighted by molar-refractivity contribution is 9.10. The van der Waals surface area contributed by atoms with Crippen molar-refractivity contribution in [2.24, 2.45) is 0 Å². The van der Waals surface area contributed by atoms with Gasteiger partial charge in [-0.3, -0.25) is 9.97 Å². The summed E-state index contributed by atoms with van der Waals surface area (Å²) in [7, 11) is 0. The van der Waals surface area contributed by atoms with Crippen molar-refractivity contribution < 1.29 is 0 Å². The van der Waals surface area contributed by atoms with E-state index in [-0.39, 0.29) is 0 Å². The number of pyridine rings is 2. The van der Waals surface area contributed by atoms with E-state index < -0.39 is 0 Å². The summed E-state index contributed by atoms with van der Waals surface area (Å²) in [6.45, 7) is 0. The number of aromatic nitrogens is 2. The Kier molecular flexibility index (Phi) is 7.45. The zero-order valence-corrected chi connectivity index (χ0v) is 21.2. The molecular weight excluding hydrogens is 492 g/mol. The molecule has 0 aliphatic rings. The number of hydrogen-bond donors (Lipinski definition) is 0. The van der Waals surface area contributed by atoms with E-state index in [2.05, 4.69) is 93.7 Å². The molecule has 3 aromatic carbocycles. The maximum atomic E-state index is 4.69. The number of nitrogens with zero attached hydrogens (tertiary/aromatic N) is 2. The second-order valence-electron chi connectivity index (χ2n) is 8.76. The highest BCUT2D eigenvalue weighted by Gasteiger charge is 2.05. The van der Waals surface area contributed by atoms with Crippen molar-refractivity contribution in [3.63, 3.8) is 0 Å². The van der Waals surface area contributed by atoms with Gasteiger partial charge in [0, 0.05) is 28.0 Å². The van der Waals surface area contributed by atoms with Crippen molar-refractivity contribution in [3.05, 3.63) is 142 Å². The lowest BCUT2D eigenvalue weighted by molar-refractivity contribution is 0.926. The van der Waals surface area contributed by atoms with Crippen molar-refractivity contribution in [1.29, 1.82) is 0 Å². The van der Waals surface area contributed by atoms with Crippen molar-refractivity contribution in [3.8, 4) is 22.5 Å². The zero-order chi connectivity index (χ0) is 23.9. The second-order valence-corrected chi connectivity index (χ2v) is 9.62. The van der Waals surface area contributed by atoms with Gasteiger partial charge in [0.15, 0.2) is 0 Å². The lowest BCUT2D eigenvalue weighted by atomic mass is 9.99. The predicted octanol–water partition coefficient (Wildman–Crippen LogP) is 8.14. The third-order valence-corrected chi connectivity index (χ3v) is 6.98. The Balaban J connectivity index is 1.16. The molecule has 2 heterocycles. The number of benzene rings is 3. The van der Waals surface area contributed by atoms with Crippen LogP contribution in [0.4, 0.5) is 0 Å². The van der Waals surface area contributed by atoms with Crippen LogP contribution in [-0.2, 0) is 25.7 Å². The van der Waals surface area contributed by atoms with E-state index in [9.17, 15) is 0 Å². The van der Waals surface area contributed by atoms with Crippen LogP contribution >= 0.6 is 15.9 Å². The Bertz CT molecular complexity index is 1380. The number of rotatable bonds is 8. The second kappa shape index (κ2) is 11.2. The first-order chi connectivity index (χ1) is 17.2. The molecule has 0 atom stereocenters. The van der Waals surface area contributed by atoms with Gasteiger partial charge in [-0.2, -0.15) is 0 Å². The minimum Gasteiger partial charge on any atom is -0.256 e. The van der Waals surface area contributed by atoms with E-state index in [1.165, 1.54) is 22.3 Å². The Labute approximate surface area is 215 Å². The summed E-state index contributed by atoms with van der Waals surface area (Å²) in [5, 5.41) is 0. The molecule has 172 valence electrons. The fourth-order valence-electron chi connectivity index (χ4n) is 4.29. The minimum atomic E-state index is 0.988. The number of aryl methyl sites for hydroxylation is 4. The van der Waals surface area contributed by atoms with Crippen LogP contribution in [-0.4, -0.2) is 9.97 Å². The Hall–Kier alpha value is -3.56. The molecule has 0 N–H and O–H groups in total. The molecule has 2 aromatic heterocycles. The lowest BCUT2D eigenvalue weighted by Crippen LogP contribution is -1.96. The van der Waals surface area contributed by atoms with Gasteiger partial charge in [0.25, 0.3) is 0 Å². The standard InChI is InChI=1S/C32H27BrN2/c33-30-9-2-1-8-29(30)32-20-17-27(23-35-32)14-13-26-7-5-6-25(22-26)12-11-24-15-18-28(19-16-24)31-10-3-4-21-34-31/h1-10,15-23H,11-14H2. The van der Waals surface area contributed by atoms with Crippen LogP contribution in [0.2, 0.25) is 0 Å². The zero-order valence-electron chi connectivity index (χ0n) is 19.6. The summed E-state index contributed by atoms with van der Waals surface area (Å²) in [4.78, 5) is 9.13. The lowest BCUT2D eigenvalue weighted by Gasteiger charge is -2.08. The fourth-order valence-corrected chi connectivity index (χ4v) is 4.78. The van der Waals surface area contributed by atoms with Crippen molar-refractivity contribution in [1.82, 2.24) is 9.97 Å². The summed E-state index contributed by atoms with van der Waals surface area (Å²) < 4.78 is 1.07. The predicted molar refractivity (Wildman–Crippen MR) is 148 cm³/mol. The SMILES string of the molecule is Brc1ccccc1-c1ccc(CCc2cccc(CCc3ccc(-c4ccccn4)cc3)c2)cn1. The number of halogens is 1. The normalized spacial score (nSPS) is 10.9. The van der Waals surface area contributed by atoms with Crippen LogP contribution in [0.15, 0.2) is 120 Å². The summed E-state index contributed by atoms with van der Waals surface area (Å²) in [6, 6.07) is 36.3. The van der Waals surface area contributed by atoms with E-state index in [0.717, 1.165) is 52.7 Å². The molecule has 0 saturated carbocycles. The van der Waals surface area contributed by atoms with Gasteiger partial charge in [0.05, 0.1) is 11.4 Å². The third-order valence-electron chi connectivity index (χ3n) is 6.29. The largest absolute Gasteiger partial charge is 0.256 e. The van der Waals surface area contributed by atoms with Crippen LogP contribution in [0.1, 0.15) is 22.3 Å². The maximum Gasteiger partial charge on any atom is 0.0713 e. The number of hydrogen-bond acceptors (Lipinski definition) is 2. The molecule has 35 heavy (non-hydrogen) atoms. The van der Waals surface area contributed by atoms with Crippen LogP contribution in [0, 0.1) is 0 Å². The highest BCUT2D eigenvalue weighted by atomic mass is 79.9. The Morgan fingerprint density at radius 3 is 1.89 bits per heavy atom. The van der Waals surface area contributed by atoms with E-state index in [4.69, 9.17) is 4.98 Å². The van der Waals surface area contributed by atoms with Crippen LogP contribution in [0.3, 0.4) is 0 Å². The molecule has 0 aliphatic heterocycles. The molecule has 3 heteroatoms. The van der Waals surface area contributed by atoms with Gasteiger partial charge in [0.2, 0.25) is 0 Å². The molecule has 0 unspecified atom stereocenters. The van der Waals surface area contributed by atoms with Gasteiger partial charge in [-0.25, -0.2) is 0 Å². The van der Waals surface area contributed by atoms with E-state index in [0.29, 0.717) is 0 Å². The Morgan fingerprint density at radius 2 is 1.20 bits per heavy atom. The Morgan fingerprint density at radius 1 is 0.514 bits per heavy atom. The summed E-state index contributed by atoms with van der Waals surface area (Å²) in [5.74, 6) is 0. The highest BCUT2D eigenvalue weighted by Crippen LogP contribution is 2.26. The molecular formula is C32H27BrN2. The average Bonchev–Trinajstić information content (AvgIpc) is 2.92. The van der Waals surface area contributed by atoms with E-state index in [1.807, 2.05) is 42.7 Å².